The van der Waals surface area contributed by atoms with Gasteiger partial charge in [0, 0.05) is 24.1 Å². The second-order valence-corrected chi connectivity index (χ2v) is 7.14. The van der Waals surface area contributed by atoms with E-state index in [0.717, 1.165) is 18.4 Å². The van der Waals surface area contributed by atoms with E-state index in [0.29, 0.717) is 17.4 Å². The van der Waals surface area contributed by atoms with Crippen LogP contribution in [0, 0.1) is 24.0 Å². The lowest BCUT2D eigenvalue weighted by Crippen LogP contribution is -2.31. The average molecular weight is 364 g/mol. The smallest absolute Gasteiger partial charge is 0.275 e. The van der Waals surface area contributed by atoms with Gasteiger partial charge in [0.25, 0.3) is 11.6 Å². The van der Waals surface area contributed by atoms with E-state index in [1.54, 1.807) is 6.07 Å². The van der Waals surface area contributed by atoms with Gasteiger partial charge < -0.3 is 4.90 Å². The monoisotopic (exact) mass is 364 g/mol. The molecule has 1 aromatic heterocycles. The summed E-state index contributed by atoms with van der Waals surface area (Å²) < 4.78 is 0. The third-order valence-corrected chi connectivity index (χ3v) is 5.10. The Balaban J connectivity index is 1.72. The van der Waals surface area contributed by atoms with Crippen LogP contribution >= 0.6 is 0 Å². The molecule has 1 N–H and O–H groups in total. The molecule has 0 radical (unpaired) electrons. The molecule has 0 saturated carbocycles. The fraction of sp³-hybridized carbons (Fsp3) is 0.300. The number of aryl methyl sites for hydroxylation is 2. The van der Waals surface area contributed by atoms with E-state index in [2.05, 4.69) is 42.2 Å². The molecule has 7 heteroatoms. The molecule has 2 aromatic carbocycles. The molecule has 1 fully saturated rings. The topological polar surface area (TPSA) is 92.1 Å². The molecule has 1 saturated heterocycles. The van der Waals surface area contributed by atoms with Crippen LogP contribution in [0.3, 0.4) is 0 Å². The highest BCUT2D eigenvalue weighted by molar-refractivity contribution is 6.05. The van der Waals surface area contributed by atoms with Crippen molar-refractivity contribution in [3.63, 3.8) is 0 Å². The number of nitrogens with zero attached hydrogens (tertiary/aromatic N) is 3. The molecule has 0 spiro atoms. The Morgan fingerprint density at radius 3 is 2.67 bits per heavy atom. The van der Waals surface area contributed by atoms with Crippen LogP contribution in [0.15, 0.2) is 36.4 Å². The zero-order valence-electron chi connectivity index (χ0n) is 15.2. The molecule has 3 aromatic rings. The maximum atomic E-state index is 13.2. The van der Waals surface area contributed by atoms with Gasteiger partial charge in [-0.15, -0.1) is 0 Å². The Morgan fingerprint density at radius 2 is 1.96 bits per heavy atom. The Labute approximate surface area is 156 Å². The number of nitrogens with one attached hydrogen (secondary N) is 1. The Bertz CT molecular complexity index is 1040. The number of carbonyl (C=O) groups is 1. The maximum Gasteiger partial charge on any atom is 0.275 e. The van der Waals surface area contributed by atoms with Crippen LogP contribution in [0.4, 0.5) is 5.69 Å². The van der Waals surface area contributed by atoms with Crippen LogP contribution < -0.4 is 0 Å². The highest BCUT2D eigenvalue weighted by Gasteiger charge is 2.33. The lowest BCUT2D eigenvalue weighted by molar-refractivity contribution is -0.384. The van der Waals surface area contributed by atoms with Gasteiger partial charge in [0.2, 0.25) is 0 Å². The van der Waals surface area contributed by atoms with Crippen molar-refractivity contribution >= 4 is 22.5 Å². The number of aromatic nitrogens is 2. The minimum atomic E-state index is -0.463. The summed E-state index contributed by atoms with van der Waals surface area (Å²) in [5.74, 6) is -0.191. The van der Waals surface area contributed by atoms with Crippen LogP contribution in [0.25, 0.3) is 10.9 Å². The van der Waals surface area contributed by atoms with E-state index in [4.69, 9.17) is 0 Å². The van der Waals surface area contributed by atoms with Gasteiger partial charge in [-0.3, -0.25) is 20.0 Å². The number of amides is 1. The van der Waals surface area contributed by atoms with Crippen molar-refractivity contribution in [1.29, 1.82) is 0 Å². The zero-order chi connectivity index (χ0) is 19.1. The predicted octanol–water partition coefficient (Wildman–Crippen LogP) is 4.07. The molecular formula is C20H20N4O3. The van der Waals surface area contributed by atoms with Gasteiger partial charge in [0.1, 0.15) is 0 Å². The molecule has 1 atom stereocenters. The number of hydrogen-bond acceptors (Lipinski definition) is 4. The number of non-ortho nitro benzene ring substituents is 1. The van der Waals surface area contributed by atoms with Crippen molar-refractivity contribution in [2.45, 2.75) is 32.7 Å². The minimum absolute atomic E-state index is 0.00143. The Morgan fingerprint density at radius 1 is 1.22 bits per heavy atom. The van der Waals surface area contributed by atoms with Crippen LogP contribution in [-0.2, 0) is 0 Å². The second kappa shape index (κ2) is 6.50. The predicted molar refractivity (Wildman–Crippen MR) is 102 cm³/mol. The number of H-pyrrole nitrogens is 1. The number of nitro groups is 1. The maximum absolute atomic E-state index is 13.2. The molecule has 138 valence electrons. The van der Waals surface area contributed by atoms with E-state index in [9.17, 15) is 14.9 Å². The van der Waals surface area contributed by atoms with Crippen LogP contribution in [-0.4, -0.2) is 32.5 Å². The third-order valence-electron chi connectivity index (χ3n) is 5.10. The second-order valence-electron chi connectivity index (χ2n) is 7.14. The van der Waals surface area contributed by atoms with Crippen molar-refractivity contribution in [3.8, 4) is 0 Å². The molecule has 1 amide bonds. The van der Waals surface area contributed by atoms with Gasteiger partial charge in [-0.1, -0.05) is 29.3 Å². The number of hydrogen-bond donors (Lipinski definition) is 1. The number of nitro benzene ring substituents is 1. The van der Waals surface area contributed by atoms with Crippen molar-refractivity contribution in [2.24, 2.45) is 0 Å². The van der Waals surface area contributed by atoms with Gasteiger partial charge in [-0.2, -0.15) is 5.10 Å². The summed E-state index contributed by atoms with van der Waals surface area (Å²) in [5.41, 5.74) is 4.28. The quantitative estimate of drug-likeness (QED) is 0.560. The van der Waals surface area contributed by atoms with E-state index in [1.807, 2.05) is 4.90 Å². The summed E-state index contributed by atoms with van der Waals surface area (Å²) in [5, 5.41) is 18.5. The van der Waals surface area contributed by atoms with E-state index < -0.39 is 4.92 Å². The van der Waals surface area contributed by atoms with Gasteiger partial charge in [-0.05, 0) is 38.3 Å². The minimum Gasteiger partial charge on any atom is -0.330 e. The molecule has 27 heavy (non-hydrogen) atoms. The lowest BCUT2D eigenvalue weighted by atomic mass is 9.99. The van der Waals surface area contributed by atoms with E-state index in [-0.39, 0.29) is 23.3 Å². The molecule has 2 heterocycles. The summed E-state index contributed by atoms with van der Waals surface area (Å²) in [4.78, 5) is 25.7. The van der Waals surface area contributed by atoms with Crippen molar-refractivity contribution < 1.29 is 9.72 Å². The Kier molecular flexibility index (Phi) is 4.14. The highest BCUT2D eigenvalue weighted by Crippen LogP contribution is 2.35. The molecule has 1 aliphatic rings. The summed E-state index contributed by atoms with van der Waals surface area (Å²) in [7, 11) is 0. The number of carbonyl (C=O) groups excluding carboxylic acids is 1. The molecule has 1 unspecified atom stereocenters. The van der Waals surface area contributed by atoms with Gasteiger partial charge in [-0.25, -0.2) is 0 Å². The number of aromatic amines is 1. The largest absolute Gasteiger partial charge is 0.330 e. The van der Waals surface area contributed by atoms with Gasteiger partial charge >= 0.3 is 0 Å². The summed E-state index contributed by atoms with van der Waals surface area (Å²) in [6.45, 7) is 4.76. The third kappa shape index (κ3) is 3.05. The number of likely N-dealkylation sites (tertiary alicyclic amines) is 1. The highest BCUT2D eigenvalue weighted by atomic mass is 16.6. The van der Waals surface area contributed by atoms with Crippen LogP contribution in [0.5, 0.6) is 0 Å². The molecule has 4 rings (SSSR count). The molecule has 0 aliphatic carbocycles. The summed E-state index contributed by atoms with van der Waals surface area (Å²) >= 11 is 0. The first kappa shape index (κ1) is 17.2. The first-order valence-electron chi connectivity index (χ1n) is 8.96. The standard InChI is InChI=1S/C20H20N4O3/c1-12-8-13(2)10-14(9-12)18-4-3-7-23(18)20(25)19-16-11-15(24(26)27)5-6-17(16)21-22-19/h5-6,8-11,18H,3-4,7H2,1-2H3,(H,21,22). The summed E-state index contributed by atoms with van der Waals surface area (Å²) in [6, 6.07) is 10.8. The fourth-order valence-electron chi connectivity index (χ4n) is 3.97. The molecule has 1 aliphatic heterocycles. The number of rotatable bonds is 3. The van der Waals surface area contributed by atoms with Gasteiger partial charge in [0.05, 0.1) is 16.5 Å². The zero-order valence-corrected chi connectivity index (χ0v) is 15.2. The van der Waals surface area contributed by atoms with E-state index in [1.165, 1.54) is 23.3 Å². The first-order chi connectivity index (χ1) is 12.9. The Hall–Kier alpha value is -3.22. The van der Waals surface area contributed by atoms with E-state index >= 15 is 0 Å². The molecular weight excluding hydrogens is 344 g/mol. The summed E-state index contributed by atoms with van der Waals surface area (Å²) in [6.07, 6.45) is 1.82. The number of benzene rings is 2. The van der Waals surface area contributed by atoms with Gasteiger partial charge in [0.15, 0.2) is 5.69 Å². The molecule has 0 bridgehead atoms. The van der Waals surface area contributed by atoms with Crippen molar-refractivity contribution in [2.75, 3.05) is 6.54 Å². The fourth-order valence-corrected chi connectivity index (χ4v) is 3.97. The van der Waals surface area contributed by atoms with Crippen LogP contribution in [0.2, 0.25) is 0 Å². The average Bonchev–Trinajstić information content (AvgIpc) is 3.27. The van der Waals surface area contributed by atoms with Crippen molar-refractivity contribution in [3.05, 3.63) is 68.9 Å². The number of fused-ring (bicyclic) bond motifs is 1. The van der Waals surface area contributed by atoms with Crippen molar-refractivity contribution in [1.82, 2.24) is 15.1 Å². The normalized spacial score (nSPS) is 16.8. The first-order valence-corrected chi connectivity index (χ1v) is 8.96. The van der Waals surface area contributed by atoms with Crippen LogP contribution in [0.1, 0.15) is 46.1 Å². The SMILES string of the molecule is Cc1cc(C)cc(C2CCCN2C(=O)c2n[nH]c3ccc([N+](=O)[O-])cc23)c1. The molecule has 7 nitrogen and oxygen atoms in total. The lowest BCUT2D eigenvalue weighted by Gasteiger charge is -2.25.